The highest BCUT2D eigenvalue weighted by Crippen LogP contribution is 2.19. The van der Waals surface area contributed by atoms with E-state index >= 15 is 0 Å². The van der Waals surface area contributed by atoms with Crippen molar-refractivity contribution in [2.75, 3.05) is 43.4 Å². The van der Waals surface area contributed by atoms with Gasteiger partial charge in [-0.05, 0) is 24.3 Å². The van der Waals surface area contributed by atoms with Gasteiger partial charge in [-0.2, -0.15) is 5.10 Å². The smallest absolute Gasteiger partial charge is 0.256 e. The predicted octanol–water partition coefficient (Wildman–Crippen LogP) is 1.48. The second kappa shape index (κ2) is 6.43. The molecule has 2 aromatic rings. The largest absolute Gasteiger partial charge is 0.387 e. The topological polar surface area (TPSA) is 61.4 Å². The molecule has 1 aliphatic rings. The van der Waals surface area contributed by atoms with Crippen LogP contribution in [0.25, 0.3) is 0 Å². The van der Waals surface area contributed by atoms with E-state index in [9.17, 15) is 4.79 Å². The van der Waals surface area contributed by atoms with Crippen molar-refractivity contribution in [1.29, 1.82) is 0 Å². The number of aromatic nitrogens is 2. The van der Waals surface area contributed by atoms with Gasteiger partial charge in [-0.25, -0.2) is 0 Å². The molecular formula is C16H19N5O. The summed E-state index contributed by atoms with van der Waals surface area (Å²) in [5, 5.41) is 11.1. The molecule has 1 aliphatic heterocycles. The Kier molecular flexibility index (Phi) is 4.18. The number of anilines is 2. The Labute approximate surface area is 129 Å². The van der Waals surface area contributed by atoms with Gasteiger partial charge < -0.3 is 15.1 Å². The fourth-order valence-corrected chi connectivity index (χ4v) is 2.66. The summed E-state index contributed by atoms with van der Waals surface area (Å²) in [6.45, 7) is 2.92. The summed E-state index contributed by atoms with van der Waals surface area (Å²) in [5.41, 5.74) is 1.59. The van der Waals surface area contributed by atoms with Crippen LogP contribution in [0.1, 0.15) is 10.4 Å². The molecule has 6 nitrogen and oxygen atoms in total. The Hall–Kier alpha value is -2.63. The van der Waals surface area contributed by atoms with Crippen LogP contribution in [0.5, 0.6) is 0 Å². The van der Waals surface area contributed by atoms with Gasteiger partial charge in [0.2, 0.25) is 0 Å². The number of amides is 1. The Balaban J connectivity index is 1.67. The zero-order valence-corrected chi connectivity index (χ0v) is 12.6. The lowest BCUT2D eigenvalue weighted by molar-refractivity contribution is 0.0747. The van der Waals surface area contributed by atoms with Crippen molar-refractivity contribution in [3.8, 4) is 0 Å². The highest BCUT2D eigenvalue weighted by atomic mass is 16.2. The number of carbonyl (C=O) groups is 1. The summed E-state index contributed by atoms with van der Waals surface area (Å²) in [4.78, 5) is 16.7. The van der Waals surface area contributed by atoms with Crippen molar-refractivity contribution in [3.63, 3.8) is 0 Å². The van der Waals surface area contributed by atoms with Crippen LogP contribution in [0.15, 0.2) is 42.6 Å². The van der Waals surface area contributed by atoms with E-state index in [1.165, 1.54) is 0 Å². The molecule has 1 amide bonds. The van der Waals surface area contributed by atoms with E-state index in [-0.39, 0.29) is 5.91 Å². The van der Waals surface area contributed by atoms with Crippen LogP contribution >= 0.6 is 0 Å². The summed E-state index contributed by atoms with van der Waals surface area (Å²) < 4.78 is 0. The van der Waals surface area contributed by atoms with Crippen molar-refractivity contribution in [2.24, 2.45) is 0 Å². The van der Waals surface area contributed by atoms with Gasteiger partial charge in [0, 0.05) is 45.1 Å². The second-order valence-electron chi connectivity index (χ2n) is 5.16. The van der Waals surface area contributed by atoms with Gasteiger partial charge >= 0.3 is 0 Å². The normalized spacial score (nSPS) is 14.8. The molecule has 3 rings (SSSR count). The van der Waals surface area contributed by atoms with Crippen molar-refractivity contribution < 1.29 is 4.79 Å². The van der Waals surface area contributed by atoms with Crippen LogP contribution in [-0.4, -0.2) is 54.2 Å². The Morgan fingerprint density at radius 2 is 1.86 bits per heavy atom. The maximum absolute atomic E-state index is 12.7. The molecule has 0 aliphatic carbocycles. The van der Waals surface area contributed by atoms with Crippen LogP contribution in [0.2, 0.25) is 0 Å². The van der Waals surface area contributed by atoms with Crippen LogP contribution in [0, 0.1) is 0 Å². The molecule has 0 atom stereocenters. The second-order valence-corrected chi connectivity index (χ2v) is 5.16. The molecule has 22 heavy (non-hydrogen) atoms. The Morgan fingerprint density at radius 3 is 2.55 bits per heavy atom. The molecule has 1 N–H and O–H groups in total. The zero-order valence-electron chi connectivity index (χ0n) is 12.6. The van der Waals surface area contributed by atoms with E-state index in [0.29, 0.717) is 13.1 Å². The molecule has 0 bridgehead atoms. The third-order valence-corrected chi connectivity index (χ3v) is 3.88. The number of nitrogens with one attached hydrogen (secondary N) is 1. The van der Waals surface area contributed by atoms with Gasteiger partial charge in [0.05, 0.1) is 5.56 Å². The van der Waals surface area contributed by atoms with Crippen molar-refractivity contribution in [1.82, 2.24) is 15.1 Å². The van der Waals surface area contributed by atoms with Gasteiger partial charge in [0.1, 0.15) is 0 Å². The molecule has 2 heterocycles. The summed E-state index contributed by atoms with van der Waals surface area (Å²) >= 11 is 0. The van der Waals surface area contributed by atoms with E-state index in [4.69, 9.17) is 0 Å². The van der Waals surface area contributed by atoms with Gasteiger partial charge in [-0.3, -0.25) is 4.79 Å². The lowest BCUT2D eigenvalue weighted by Gasteiger charge is -2.35. The molecule has 0 saturated carbocycles. The number of nitrogens with zero attached hydrogens (tertiary/aromatic N) is 4. The minimum atomic E-state index is 0.0729. The predicted molar refractivity (Wildman–Crippen MR) is 86.1 cm³/mol. The molecule has 1 aromatic heterocycles. The monoisotopic (exact) mass is 297 g/mol. The van der Waals surface area contributed by atoms with Gasteiger partial charge in [-0.1, -0.05) is 12.1 Å². The van der Waals surface area contributed by atoms with Gasteiger partial charge in [0.15, 0.2) is 5.82 Å². The molecule has 0 unspecified atom stereocenters. The fourth-order valence-electron chi connectivity index (χ4n) is 2.66. The number of hydrogen-bond acceptors (Lipinski definition) is 5. The molecule has 1 aromatic carbocycles. The number of piperazine rings is 1. The Morgan fingerprint density at radius 1 is 1.09 bits per heavy atom. The summed E-state index contributed by atoms with van der Waals surface area (Å²) in [5.74, 6) is 0.939. The minimum Gasteiger partial charge on any atom is -0.387 e. The third kappa shape index (κ3) is 2.86. The van der Waals surface area contributed by atoms with Crippen molar-refractivity contribution in [2.45, 2.75) is 0 Å². The number of rotatable bonds is 3. The fraction of sp³-hybridized carbons (Fsp3) is 0.312. The van der Waals surface area contributed by atoms with Crippen LogP contribution in [-0.2, 0) is 0 Å². The zero-order chi connectivity index (χ0) is 15.4. The van der Waals surface area contributed by atoms with E-state index in [2.05, 4.69) is 20.4 Å². The van der Waals surface area contributed by atoms with Crippen LogP contribution in [0.4, 0.5) is 11.5 Å². The SMILES string of the molecule is CNc1ccccc1C(=O)N1CCN(c2cccnn2)CC1. The quantitative estimate of drug-likeness (QED) is 0.930. The van der Waals surface area contributed by atoms with Crippen LogP contribution in [0.3, 0.4) is 0 Å². The maximum Gasteiger partial charge on any atom is 0.256 e. The molecule has 114 valence electrons. The summed E-state index contributed by atoms with van der Waals surface area (Å²) in [6, 6.07) is 11.4. The molecule has 0 radical (unpaired) electrons. The number of para-hydroxylation sites is 1. The highest BCUT2D eigenvalue weighted by Gasteiger charge is 2.24. The Bertz CT molecular complexity index is 638. The first-order valence-electron chi connectivity index (χ1n) is 7.38. The average Bonchev–Trinajstić information content (AvgIpc) is 2.62. The maximum atomic E-state index is 12.7. The standard InChI is InChI=1S/C16H19N5O/c1-17-14-6-3-2-5-13(14)16(22)21-11-9-20(10-12-21)15-7-4-8-18-19-15/h2-8,17H,9-12H2,1H3. The van der Waals surface area contributed by atoms with Gasteiger partial charge in [0.25, 0.3) is 5.91 Å². The van der Waals surface area contributed by atoms with Crippen LogP contribution < -0.4 is 10.2 Å². The number of benzene rings is 1. The van der Waals surface area contributed by atoms with Gasteiger partial charge in [-0.15, -0.1) is 5.10 Å². The minimum absolute atomic E-state index is 0.0729. The molecule has 0 spiro atoms. The highest BCUT2D eigenvalue weighted by molar-refractivity contribution is 5.99. The number of hydrogen-bond donors (Lipinski definition) is 1. The van der Waals surface area contributed by atoms with E-state index in [1.807, 2.05) is 48.3 Å². The summed E-state index contributed by atoms with van der Waals surface area (Å²) in [6.07, 6.45) is 1.66. The molecule has 1 fully saturated rings. The van der Waals surface area contributed by atoms with E-state index in [0.717, 1.165) is 30.2 Å². The average molecular weight is 297 g/mol. The molecule has 1 saturated heterocycles. The first-order valence-corrected chi connectivity index (χ1v) is 7.38. The molecule has 6 heteroatoms. The van der Waals surface area contributed by atoms with Crippen molar-refractivity contribution >= 4 is 17.4 Å². The number of carbonyl (C=O) groups excluding carboxylic acids is 1. The third-order valence-electron chi connectivity index (χ3n) is 3.88. The summed E-state index contributed by atoms with van der Waals surface area (Å²) in [7, 11) is 1.83. The molecular weight excluding hydrogens is 278 g/mol. The van der Waals surface area contributed by atoms with E-state index in [1.54, 1.807) is 6.20 Å². The lowest BCUT2D eigenvalue weighted by Crippen LogP contribution is -2.49. The first-order chi connectivity index (χ1) is 10.8. The van der Waals surface area contributed by atoms with E-state index < -0.39 is 0 Å². The van der Waals surface area contributed by atoms with Crippen molar-refractivity contribution in [3.05, 3.63) is 48.2 Å². The first kappa shape index (κ1) is 14.3. The lowest BCUT2D eigenvalue weighted by atomic mass is 10.1.